The number of hydrogen-bond donors (Lipinski definition) is 1. The van der Waals surface area contributed by atoms with Crippen LogP contribution in [0.5, 0.6) is 11.5 Å². The van der Waals surface area contributed by atoms with E-state index in [-0.39, 0.29) is 11.9 Å². The molecule has 23 heavy (non-hydrogen) atoms. The van der Waals surface area contributed by atoms with Crippen LogP contribution in [0.1, 0.15) is 34.8 Å². The first-order chi connectivity index (χ1) is 11.0. The molecule has 120 valence electrons. The molecule has 6 nitrogen and oxygen atoms in total. The molecule has 0 bridgehead atoms. The molecule has 1 aromatic carbocycles. The lowest BCUT2D eigenvalue weighted by atomic mass is 10.1. The zero-order chi connectivity index (χ0) is 16.4. The van der Waals surface area contributed by atoms with Crippen molar-refractivity contribution in [3.05, 3.63) is 46.0 Å². The highest BCUT2D eigenvalue weighted by atomic mass is 79.9. The standard InChI is InChI=1S/C16H16BrN3O3/c1-9(19-16(21)13-3-4-18-10(2)20-13)11-7-14-15(8-12(11)17)23-6-5-22-14/h3-4,7-9H,5-6H2,1-2H3,(H,19,21). The van der Waals surface area contributed by atoms with E-state index < -0.39 is 0 Å². The summed E-state index contributed by atoms with van der Waals surface area (Å²) in [6, 6.07) is 5.12. The topological polar surface area (TPSA) is 73.3 Å². The van der Waals surface area contributed by atoms with Crippen molar-refractivity contribution in [1.29, 1.82) is 0 Å². The van der Waals surface area contributed by atoms with Crippen molar-refractivity contribution in [3.8, 4) is 11.5 Å². The fourth-order valence-corrected chi connectivity index (χ4v) is 3.01. The van der Waals surface area contributed by atoms with E-state index in [0.717, 1.165) is 10.0 Å². The minimum absolute atomic E-state index is 0.219. The summed E-state index contributed by atoms with van der Waals surface area (Å²) in [7, 11) is 0. The Bertz CT molecular complexity index is 751. The van der Waals surface area contributed by atoms with Crippen molar-refractivity contribution in [2.75, 3.05) is 13.2 Å². The highest BCUT2D eigenvalue weighted by Crippen LogP contribution is 2.37. The van der Waals surface area contributed by atoms with Crippen LogP contribution in [0.4, 0.5) is 0 Å². The van der Waals surface area contributed by atoms with Crippen molar-refractivity contribution < 1.29 is 14.3 Å². The van der Waals surface area contributed by atoms with Crippen LogP contribution < -0.4 is 14.8 Å². The third-order valence-electron chi connectivity index (χ3n) is 3.48. The van der Waals surface area contributed by atoms with Gasteiger partial charge in [-0.2, -0.15) is 0 Å². The average molecular weight is 378 g/mol. The van der Waals surface area contributed by atoms with Crippen LogP contribution in [-0.4, -0.2) is 29.1 Å². The molecule has 0 aliphatic carbocycles. The number of nitrogens with zero attached hydrogens (tertiary/aromatic N) is 2. The van der Waals surface area contributed by atoms with Gasteiger partial charge in [0.05, 0.1) is 6.04 Å². The number of aromatic nitrogens is 2. The second kappa shape index (κ2) is 6.54. The summed E-state index contributed by atoms with van der Waals surface area (Å²) in [5.41, 5.74) is 1.26. The Kier molecular flexibility index (Phi) is 4.47. The van der Waals surface area contributed by atoms with Gasteiger partial charge in [-0.05, 0) is 37.6 Å². The lowest BCUT2D eigenvalue weighted by molar-refractivity contribution is 0.0934. The number of hydrogen-bond acceptors (Lipinski definition) is 5. The molecule has 2 aromatic rings. The number of aryl methyl sites for hydroxylation is 1. The number of rotatable bonds is 3. The van der Waals surface area contributed by atoms with E-state index in [1.165, 1.54) is 0 Å². The normalized spacial score (nSPS) is 14.2. The Morgan fingerprint density at radius 2 is 2.00 bits per heavy atom. The molecule has 2 heterocycles. The molecule has 1 aromatic heterocycles. The SMILES string of the molecule is Cc1nccc(C(=O)NC(C)c2cc3c(cc2Br)OCCO3)n1. The summed E-state index contributed by atoms with van der Waals surface area (Å²) < 4.78 is 12.0. The summed E-state index contributed by atoms with van der Waals surface area (Å²) >= 11 is 3.52. The molecule has 0 spiro atoms. The summed E-state index contributed by atoms with van der Waals surface area (Å²) in [6.07, 6.45) is 1.57. The molecular formula is C16H16BrN3O3. The highest BCUT2D eigenvalue weighted by Gasteiger charge is 2.20. The summed E-state index contributed by atoms with van der Waals surface area (Å²) in [6.45, 7) is 4.72. The molecule has 0 saturated carbocycles. The number of ether oxygens (including phenoxy) is 2. The first kappa shape index (κ1) is 15.7. The maximum atomic E-state index is 12.3. The van der Waals surface area contributed by atoms with Gasteiger partial charge in [-0.15, -0.1) is 0 Å². The molecular weight excluding hydrogens is 362 g/mol. The average Bonchev–Trinajstić information content (AvgIpc) is 2.54. The lowest BCUT2D eigenvalue weighted by Gasteiger charge is -2.22. The monoisotopic (exact) mass is 377 g/mol. The predicted octanol–water partition coefficient (Wildman–Crippen LogP) is 2.81. The second-order valence-electron chi connectivity index (χ2n) is 5.20. The van der Waals surface area contributed by atoms with E-state index in [0.29, 0.717) is 36.2 Å². The van der Waals surface area contributed by atoms with Crippen LogP contribution >= 0.6 is 15.9 Å². The number of fused-ring (bicyclic) bond motifs is 1. The molecule has 0 radical (unpaired) electrons. The van der Waals surface area contributed by atoms with Gasteiger partial charge < -0.3 is 14.8 Å². The van der Waals surface area contributed by atoms with Gasteiger partial charge in [-0.3, -0.25) is 4.79 Å². The Hall–Kier alpha value is -2.15. The molecule has 1 amide bonds. The predicted molar refractivity (Wildman–Crippen MR) is 87.8 cm³/mol. The molecule has 1 aliphatic rings. The number of benzene rings is 1. The molecule has 1 N–H and O–H groups in total. The molecule has 3 rings (SSSR count). The maximum absolute atomic E-state index is 12.3. The molecule has 7 heteroatoms. The second-order valence-corrected chi connectivity index (χ2v) is 6.06. The van der Waals surface area contributed by atoms with Crippen LogP contribution in [0.3, 0.4) is 0 Å². The fourth-order valence-electron chi connectivity index (χ4n) is 2.34. The van der Waals surface area contributed by atoms with Gasteiger partial charge in [0, 0.05) is 10.7 Å². The highest BCUT2D eigenvalue weighted by molar-refractivity contribution is 9.10. The Morgan fingerprint density at radius 1 is 1.30 bits per heavy atom. The van der Waals surface area contributed by atoms with E-state index >= 15 is 0 Å². The Morgan fingerprint density at radius 3 is 2.70 bits per heavy atom. The minimum Gasteiger partial charge on any atom is -0.486 e. The van der Waals surface area contributed by atoms with Crippen molar-refractivity contribution >= 4 is 21.8 Å². The minimum atomic E-state index is -0.246. The van der Waals surface area contributed by atoms with Crippen LogP contribution in [0.15, 0.2) is 28.9 Å². The van der Waals surface area contributed by atoms with E-state index in [1.54, 1.807) is 19.2 Å². The van der Waals surface area contributed by atoms with Gasteiger partial charge in [-0.1, -0.05) is 15.9 Å². The largest absolute Gasteiger partial charge is 0.486 e. The van der Waals surface area contributed by atoms with Gasteiger partial charge in [-0.25, -0.2) is 9.97 Å². The number of carbonyl (C=O) groups excluding carboxylic acids is 1. The van der Waals surface area contributed by atoms with Gasteiger partial charge in [0.25, 0.3) is 5.91 Å². The fraction of sp³-hybridized carbons (Fsp3) is 0.312. The van der Waals surface area contributed by atoms with E-state index in [2.05, 4.69) is 31.2 Å². The van der Waals surface area contributed by atoms with Crippen molar-refractivity contribution in [2.45, 2.75) is 19.9 Å². The Labute approximate surface area is 142 Å². The summed E-state index contributed by atoms with van der Waals surface area (Å²) in [5.74, 6) is 1.71. The van der Waals surface area contributed by atoms with Crippen LogP contribution in [-0.2, 0) is 0 Å². The van der Waals surface area contributed by atoms with Crippen molar-refractivity contribution in [1.82, 2.24) is 15.3 Å². The molecule has 1 aliphatic heterocycles. The van der Waals surface area contributed by atoms with E-state index in [4.69, 9.17) is 9.47 Å². The van der Waals surface area contributed by atoms with Crippen molar-refractivity contribution in [3.63, 3.8) is 0 Å². The third kappa shape index (κ3) is 3.44. The van der Waals surface area contributed by atoms with Crippen LogP contribution in [0, 0.1) is 6.92 Å². The summed E-state index contributed by atoms with van der Waals surface area (Å²) in [5, 5.41) is 2.93. The number of amides is 1. The molecule has 0 fully saturated rings. The van der Waals surface area contributed by atoms with Gasteiger partial charge >= 0.3 is 0 Å². The molecule has 0 saturated heterocycles. The Balaban J connectivity index is 1.80. The van der Waals surface area contributed by atoms with E-state index in [9.17, 15) is 4.79 Å². The zero-order valence-electron chi connectivity index (χ0n) is 12.8. The number of carbonyl (C=O) groups is 1. The van der Waals surface area contributed by atoms with E-state index in [1.807, 2.05) is 19.1 Å². The van der Waals surface area contributed by atoms with Gasteiger partial charge in [0.2, 0.25) is 0 Å². The van der Waals surface area contributed by atoms with Crippen LogP contribution in [0.2, 0.25) is 0 Å². The van der Waals surface area contributed by atoms with Gasteiger partial charge in [0.1, 0.15) is 24.7 Å². The smallest absolute Gasteiger partial charge is 0.270 e. The first-order valence-electron chi connectivity index (χ1n) is 7.24. The lowest BCUT2D eigenvalue weighted by Crippen LogP contribution is -2.28. The third-order valence-corrected chi connectivity index (χ3v) is 4.17. The molecule has 1 unspecified atom stereocenters. The summed E-state index contributed by atoms with van der Waals surface area (Å²) in [4.78, 5) is 20.4. The maximum Gasteiger partial charge on any atom is 0.270 e. The van der Waals surface area contributed by atoms with Crippen molar-refractivity contribution in [2.24, 2.45) is 0 Å². The zero-order valence-corrected chi connectivity index (χ0v) is 14.4. The number of nitrogens with one attached hydrogen (secondary N) is 1. The van der Waals surface area contributed by atoms with Gasteiger partial charge in [0.15, 0.2) is 11.5 Å². The first-order valence-corrected chi connectivity index (χ1v) is 8.03. The van der Waals surface area contributed by atoms with Crippen LogP contribution in [0.25, 0.3) is 0 Å². The number of halogens is 1. The molecule has 1 atom stereocenters. The quantitative estimate of drug-likeness (QED) is 0.889.